The molecular weight excluding hydrogens is 452 g/mol. The summed E-state index contributed by atoms with van der Waals surface area (Å²) in [5.74, 6) is -1.58. The fourth-order valence-corrected chi connectivity index (χ4v) is 2.71. The highest BCUT2D eigenvalue weighted by molar-refractivity contribution is 9.10. The molecule has 0 radical (unpaired) electrons. The summed E-state index contributed by atoms with van der Waals surface area (Å²) in [5.41, 5.74) is 4.32. The fourth-order valence-electron chi connectivity index (χ4n) is 2.33. The minimum absolute atomic E-state index is 0.164. The van der Waals surface area contributed by atoms with Gasteiger partial charge in [0.1, 0.15) is 5.75 Å². The number of rotatable bonds is 7. The van der Waals surface area contributed by atoms with Gasteiger partial charge in [-0.25, -0.2) is 5.43 Å². The molecule has 8 nitrogen and oxygen atoms in total. The van der Waals surface area contributed by atoms with Crippen molar-refractivity contribution in [1.82, 2.24) is 10.7 Å². The first-order valence-electron chi connectivity index (χ1n) is 9.18. The Hall–Kier alpha value is -3.20. The van der Waals surface area contributed by atoms with Crippen molar-refractivity contribution in [2.24, 2.45) is 5.10 Å². The maximum Gasteiger partial charge on any atom is 0.329 e. The van der Waals surface area contributed by atoms with Gasteiger partial charge >= 0.3 is 11.8 Å². The van der Waals surface area contributed by atoms with Crippen molar-refractivity contribution in [2.45, 2.75) is 26.8 Å². The molecule has 0 bridgehead atoms. The maximum absolute atomic E-state index is 12.2. The Bertz CT molecular complexity index is 960. The Morgan fingerprint density at radius 3 is 2.57 bits per heavy atom. The van der Waals surface area contributed by atoms with Gasteiger partial charge in [-0.15, -0.1) is 0 Å². The van der Waals surface area contributed by atoms with E-state index < -0.39 is 11.8 Å². The largest absolute Gasteiger partial charge is 0.483 e. The molecule has 3 amide bonds. The lowest BCUT2D eigenvalue weighted by molar-refractivity contribution is -0.139. The van der Waals surface area contributed by atoms with Gasteiger partial charge < -0.3 is 15.4 Å². The molecule has 0 aliphatic carbocycles. The van der Waals surface area contributed by atoms with Crippen molar-refractivity contribution >= 4 is 45.6 Å². The second-order valence-corrected chi connectivity index (χ2v) is 7.58. The molecule has 0 heterocycles. The average molecular weight is 475 g/mol. The predicted molar refractivity (Wildman–Crippen MR) is 118 cm³/mol. The molecule has 0 aliphatic heterocycles. The Balaban J connectivity index is 1.99. The van der Waals surface area contributed by atoms with Gasteiger partial charge in [0.25, 0.3) is 5.91 Å². The zero-order valence-corrected chi connectivity index (χ0v) is 18.4. The zero-order valence-electron chi connectivity index (χ0n) is 16.9. The number of carbonyl (C=O) groups excluding carboxylic acids is 3. The van der Waals surface area contributed by atoms with Gasteiger partial charge in [0.05, 0.1) is 6.21 Å². The number of amides is 3. The minimum Gasteiger partial charge on any atom is -0.483 e. The molecule has 2 aromatic rings. The molecule has 0 spiro atoms. The fraction of sp³-hybridized carbons (Fsp3) is 0.238. The van der Waals surface area contributed by atoms with E-state index in [9.17, 15) is 14.4 Å². The number of hydrogen-bond donors (Lipinski definition) is 3. The Labute approximate surface area is 183 Å². The maximum atomic E-state index is 12.2. The van der Waals surface area contributed by atoms with Gasteiger partial charge in [-0.2, -0.15) is 5.10 Å². The first-order chi connectivity index (χ1) is 14.3. The van der Waals surface area contributed by atoms with Crippen LogP contribution in [0.5, 0.6) is 5.75 Å². The summed E-state index contributed by atoms with van der Waals surface area (Å²) in [5, 5.41) is 9.05. The molecule has 2 rings (SSSR count). The molecule has 30 heavy (non-hydrogen) atoms. The summed E-state index contributed by atoms with van der Waals surface area (Å²) in [6.07, 6.45) is 1.33. The highest BCUT2D eigenvalue weighted by Gasteiger charge is 2.13. The topological polar surface area (TPSA) is 109 Å². The molecule has 0 aromatic heterocycles. The van der Waals surface area contributed by atoms with Gasteiger partial charge in [0.15, 0.2) is 6.61 Å². The Morgan fingerprint density at radius 1 is 1.13 bits per heavy atom. The molecule has 0 fully saturated rings. The smallest absolute Gasteiger partial charge is 0.329 e. The van der Waals surface area contributed by atoms with Gasteiger partial charge in [-0.05, 0) is 50.6 Å². The van der Waals surface area contributed by atoms with Crippen molar-refractivity contribution in [3.63, 3.8) is 0 Å². The van der Waals surface area contributed by atoms with E-state index in [2.05, 4.69) is 37.1 Å². The molecule has 3 N–H and O–H groups in total. The third-order valence-corrected chi connectivity index (χ3v) is 4.24. The van der Waals surface area contributed by atoms with Crippen LogP contribution in [-0.4, -0.2) is 36.6 Å². The van der Waals surface area contributed by atoms with Crippen LogP contribution in [0.2, 0.25) is 0 Å². The third kappa shape index (κ3) is 7.32. The molecule has 158 valence electrons. The van der Waals surface area contributed by atoms with Crippen LogP contribution in [0.15, 0.2) is 52.0 Å². The van der Waals surface area contributed by atoms with Crippen molar-refractivity contribution in [3.05, 3.63) is 58.1 Å². The molecule has 0 atom stereocenters. The number of hydrazone groups is 1. The van der Waals surface area contributed by atoms with E-state index in [1.54, 1.807) is 32.0 Å². The first-order valence-corrected chi connectivity index (χ1v) is 9.97. The standard InChI is InChI=1S/C21H23BrN4O4/c1-13(2)24-20(28)21(29)26-23-11-15-10-16(22)8-9-18(15)30-12-19(27)25-17-7-5-4-6-14(17)3/h4-11,13H,12H2,1-3H3,(H,24,28)(H,25,27)(H,26,29)/b23-11-. The number of benzene rings is 2. The third-order valence-electron chi connectivity index (χ3n) is 3.75. The number of hydrogen-bond acceptors (Lipinski definition) is 5. The molecular formula is C21H23BrN4O4. The van der Waals surface area contributed by atoms with Crippen LogP contribution in [0.4, 0.5) is 5.69 Å². The van der Waals surface area contributed by atoms with E-state index in [1.165, 1.54) is 6.21 Å². The van der Waals surface area contributed by atoms with E-state index in [1.807, 2.05) is 31.2 Å². The number of para-hydroxylation sites is 1. The van der Waals surface area contributed by atoms with Gasteiger partial charge in [0, 0.05) is 21.8 Å². The van der Waals surface area contributed by atoms with Gasteiger partial charge in [-0.3, -0.25) is 14.4 Å². The normalized spacial score (nSPS) is 10.7. The lowest BCUT2D eigenvalue weighted by Gasteiger charge is -2.11. The van der Waals surface area contributed by atoms with Crippen LogP contribution in [-0.2, 0) is 14.4 Å². The number of aryl methyl sites for hydroxylation is 1. The Kier molecular flexibility index (Phi) is 8.54. The van der Waals surface area contributed by atoms with Crippen LogP contribution < -0.4 is 20.8 Å². The monoisotopic (exact) mass is 474 g/mol. The van der Waals surface area contributed by atoms with Crippen molar-refractivity contribution in [1.29, 1.82) is 0 Å². The second kappa shape index (κ2) is 11.1. The summed E-state index contributed by atoms with van der Waals surface area (Å²) in [7, 11) is 0. The van der Waals surface area contributed by atoms with E-state index in [-0.39, 0.29) is 18.6 Å². The summed E-state index contributed by atoms with van der Waals surface area (Å²) in [4.78, 5) is 35.5. The average Bonchev–Trinajstić information content (AvgIpc) is 2.68. The second-order valence-electron chi connectivity index (χ2n) is 6.66. The quantitative estimate of drug-likeness (QED) is 0.325. The number of halogens is 1. The summed E-state index contributed by atoms with van der Waals surface area (Å²) < 4.78 is 6.36. The van der Waals surface area contributed by atoms with Crippen molar-refractivity contribution in [3.8, 4) is 5.75 Å². The Morgan fingerprint density at radius 2 is 1.87 bits per heavy atom. The molecule has 0 aliphatic rings. The summed E-state index contributed by atoms with van der Waals surface area (Å²) in [6, 6.07) is 12.4. The predicted octanol–water partition coefficient (Wildman–Crippen LogP) is 2.75. The SMILES string of the molecule is Cc1ccccc1NC(=O)COc1ccc(Br)cc1/C=N\NC(=O)C(=O)NC(C)C. The van der Waals surface area contributed by atoms with E-state index in [4.69, 9.17) is 4.74 Å². The highest BCUT2D eigenvalue weighted by atomic mass is 79.9. The van der Waals surface area contributed by atoms with Crippen LogP contribution in [0, 0.1) is 6.92 Å². The van der Waals surface area contributed by atoms with Crippen LogP contribution in [0.25, 0.3) is 0 Å². The molecule has 2 aromatic carbocycles. The van der Waals surface area contributed by atoms with Gasteiger partial charge in [0.2, 0.25) is 0 Å². The molecule has 0 saturated carbocycles. The number of nitrogens with one attached hydrogen (secondary N) is 3. The molecule has 0 unspecified atom stereocenters. The lowest BCUT2D eigenvalue weighted by Crippen LogP contribution is -2.41. The first kappa shape index (κ1) is 23.1. The van der Waals surface area contributed by atoms with E-state index >= 15 is 0 Å². The highest BCUT2D eigenvalue weighted by Crippen LogP contribution is 2.22. The van der Waals surface area contributed by atoms with Crippen molar-refractivity contribution < 1.29 is 19.1 Å². The zero-order chi connectivity index (χ0) is 22.1. The lowest BCUT2D eigenvalue weighted by atomic mass is 10.2. The molecule has 0 saturated heterocycles. The number of ether oxygens (including phenoxy) is 1. The van der Waals surface area contributed by atoms with Crippen LogP contribution in [0.1, 0.15) is 25.0 Å². The van der Waals surface area contributed by atoms with Gasteiger partial charge in [-0.1, -0.05) is 34.1 Å². The summed E-state index contributed by atoms with van der Waals surface area (Å²) >= 11 is 3.35. The number of anilines is 1. The van der Waals surface area contributed by atoms with Crippen LogP contribution >= 0.6 is 15.9 Å². The van der Waals surface area contributed by atoms with Crippen LogP contribution in [0.3, 0.4) is 0 Å². The molecule has 9 heteroatoms. The number of nitrogens with zero attached hydrogens (tertiary/aromatic N) is 1. The van der Waals surface area contributed by atoms with E-state index in [0.717, 1.165) is 10.0 Å². The minimum atomic E-state index is -0.880. The van der Waals surface area contributed by atoms with Crippen molar-refractivity contribution in [2.75, 3.05) is 11.9 Å². The summed E-state index contributed by atoms with van der Waals surface area (Å²) in [6.45, 7) is 5.18. The van der Waals surface area contributed by atoms with E-state index in [0.29, 0.717) is 17.0 Å². The number of carbonyl (C=O) groups is 3.